The lowest BCUT2D eigenvalue weighted by molar-refractivity contribution is 0.0307. The molecular formula is C14H23N5O. The molecular weight excluding hydrogens is 254 g/mol. The zero-order chi connectivity index (χ0) is 14.8. The Balaban J connectivity index is 2.07. The third-order valence-electron chi connectivity index (χ3n) is 3.83. The lowest BCUT2D eigenvalue weighted by atomic mass is 9.99. The highest BCUT2D eigenvalue weighted by Crippen LogP contribution is 2.20. The number of hydrogen-bond donors (Lipinski definition) is 1. The van der Waals surface area contributed by atoms with Crippen LogP contribution in [0, 0.1) is 0 Å². The predicted octanol–water partition coefficient (Wildman–Crippen LogP) is 1.07. The van der Waals surface area contributed by atoms with Gasteiger partial charge in [0.2, 0.25) is 0 Å². The Bertz CT molecular complexity index is 471. The molecule has 1 N–H and O–H groups in total. The molecule has 0 unspecified atom stereocenters. The molecule has 2 rings (SSSR count). The number of carbonyl (C=O) groups is 1. The van der Waals surface area contributed by atoms with Crippen LogP contribution < -0.4 is 5.32 Å². The molecule has 0 saturated carbocycles. The average molecular weight is 277 g/mol. The van der Waals surface area contributed by atoms with E-state index >= 15 is 0 Å². The van der Waals surface area contributed by atoms with E-state index in [1.807, 2.05) is 11.8 Å². The summed E-state index contributed by atoms with van der Waals surface area (Å²) >= 11 is 0. The molecule has 1 saturated heterocycles. The predicted molar refractivity (Wildman–Crippen MR) is 78.8 cm³/mol. The molecule has 0 bridgehead atoms. The summed E-state index contributed by atoms with van der Waals surface area (Å²) < 4.78 is 0. The van der Waals surface area contributed by atoms with Crippen LogP contribution >= 0.6 is 0 Å². The van der Waals surface area contributed by atoms with Gasteiger partial charge in [-0.15, -0.1) is 0 Å². The Morgan fingerprint density at radius 3 is 2.65 bits per heavy atom. The van der Waals surface area contributed by atoms with Crippen molar-refractivity contribution < 1.29 is 4.79 Å². The average Bonchev–Trinajstić information content (AvgIpc) is 2.42. The van der Waals surface area contributed by atoms with Gasteiger partial charge >= 0.3 is 0 Å². The summed E-state index contributed by atoms with van der Waals surface area (Å²) in [4.78, 5) is 25.0. The molecule has 110 valence electrons. The van der Waals surface area contributed by atoms with Gasteiger partial charge in [-0.25, -0.2) is 9.97 Å². The van der Waals surface area contributed by atoms with Gasteiger partial charge in [0.15, 0.2) is 0 Å². The third kappa shape index (κ3) is 3.07. The SMILES string of the molecule is CCNc1cnc(C(=O)N2CCN(C)C(C)(C)C2)cn1. The molecule has 6 heteroatoms. The standard InChI is InChI=1S/C14H23N5O/c1-5-15-12-9-16-11(8-17-12)13(20)19-7-6-18(4)14(2,3)10-19/h8-9H,5-7,10H2,1-4H3,(H,15,17). The van der Waals surface area contributed by atoms with Crippen molar-refractivity contribution in [3.63, 3.8) is 0 Å². The summed E-state index contributed by atoms with van der Waals surface area (Å²) in [6.07, 6.45) is 3.16. The van der Waals surface area contributed by atoms with Crippen molar-refractivity contribution >= 4 is 11.7 Å². The van der Waals surface area contributed by atoms with Crippen molar-refractivity contribution in [1.82, 2.24) is 19.8 Å². The minimum Gasteiger partial charge on any atom is -0.369 e. The van der Waals surface area contributed by atoms with E-state index in [1.54, 1.807) is 12.4 Å². The summed E-state index contributed by atoms with van der Waals surface area (Å²) in [7, 11) is 2.09. The van der Waals surface area contributed by atoms with Gasteiger partial charge in [-0.2, -0.15) is 0 Å². The van der Waals surface area contributed by atoms with Crippen LogP contribution in [0.2, 0.25) is 0 Å². The topological polar surface area (TPSA) is 61.4 Å². The molecule has 0 atom stereocenters. The van der Waals surface area contributed by atoms with Crippen LogP contribution in [0.1, 0.15) is 31.3 Å². The van der Waals surface area contributed by atoms with Gasteiger partial charge in [0.25, 0.3) is 5.91 Å². The lowest BCUT2D eigenvalue weighted by Crippen LogP contribution is -2.58. The van der Waals surface area contributed by atoms with E-state index in [2.05, 4.69) is 41.1 Å². The molecule has 0 aromatic carbocycles. The second-order valence-electron chi connectivity index (χ2n) is 5.78. The molecule has 1 aromatic heterocycles. The highest BCUT2D eigenvalue weighted by molar-refractivity contribution is 5.92. The Labute approximate surface area is 120 Å². The second kappa shape index (κ2) is 5.75. The van der Waals surface area contributed by atoms with E-state index in [1.165, 1.54) is 0 Å². The Morgan fingerprint density at radius 1 is 1.35 bits per heavy atom. The molecule has 0 spiro atoms. The van der Waals surface area contributed by atoms with Crippen LogP contribution in [-0.2, 0) is 0 Å². The van der Waals surface area contributed by atoms with Gasteiger partial charge in [0.1, 0.15) is 11.5 Å². The maximum absolute atomic E-state index is 12.4. The number of hydrogen-bond acceptors (Lipinski definition) is 5. The molecule has 6 nitrogen and oxygen atoms in total. The number of piperazine rings is 1. The molecule has 0 radical (unpaired) electrons. The minimum absolute atomic E-state index is 0.00888. The normalized spacial score (nSPS) is 18.9. The molecule has 1 aliphatic heterocycles. The van der Waals surface area contributed by atoms with Gasteiger partial charge in [-0.3, -0.25) is 9.69 Å². The van der Waals surface area contributed by atoms with E-state index in [4.69, 9.17) is 0 Å². The molecule has 0 aliphatic carbocycles. The number of likely N-dealkylation sites (N-methyl/N-ethyl adjacent to an activating group) is 1. The Hall–Kier alpha value is -1.69. The van der Waals surface area contributed by atoms with Crippen molar-refractivity contribution in [3.8, 4) is 0 Å². The first-order chi connectivity index (χ1) is 9.44. The third-order valence-corrected chi connectivity index (χ3v) is 3.83. The maximum atomic E-state index is 12.4. The van der Waals surface area contributed by atoms with E-state index in [0.717, 1.165) is 19.6 Å². The lowest BCUT2D eigenvalue weighted by Gasteiger charge is -2.45. The van der Waals surface area contributed by atoms with Gasteiger partial charge < -0.3 is 10.2 Å². The van der Waals surface area contributed by atoms with Crippen LogP contribution in [-0.4, -0.2) is 64.4 Å². The zero-order valence-electron chi connectivity index (χ0n) is 12.7. The highest BCUT2D eigenvalue weighted by atomic mass is 16.2. The first-order valence-electron chi connectivity index (χ1n) is 7.00. The van der Waals surface area contributed by atoms with Crippen LogP contribution in [0.4, 0.5) is 5.82 Å². The van der Waals surface area contributed by atoms with Gasteiger partial charge in [-0.05, 0) is 27.8 Å². The molecule has 1 aliphatic rings. The van der Waals surface area contributed by atoms with Crippen molar-refractivity contribution in [2.45, 2.75) is 26.3 Å². The van der Waals surface area contributed by atoms with E-state index < -0.39 is 0 Å². The molecule has 2 heterocycles. The number of rotatable bonds is 3. The second-order valence-corrected chi connectivity index (χ2v) is 5.78. The minimum atomic E-state index is -0.0401. The van der Waals surface area contributed by atoms with Crippen molar-refractivity contribution in [1.29, 1.82) is 0 Å². The summed E-state index contributed by atoms with van der Waals surface area (Å²) in [6, 6.07) is 0. The number of amides is 1. The fraction of sp³-hybridized carbons (Fsp3) is 0.643. The van der Waals surface area contributed by atoms with Gasteiger partial charge in [0, 0.05) is 31.7 Å². The smallest absolute Gasteiger partial charge is 0.274 e. The van der Waals surface area contributed by atoms with Crippen LogP contribution in [0.3, 0.4) is 0 Å². The van der Waals surface area contributed by atoms with Gasteiger partial charge in [-0.1, -0.05) is 0 Å². The number of carbonyl (C=O) groups excluding carboxylic acids is 1. The monoisotopic (exact) mass is 277 g/mol. The highest BCUT2D eigenvalue weighted by Gasteiger charge is 2.33. The summed E-state index contributed by atoms with van der Waals surface area (Å²) in [5.74, 6) is 0.657. The van der Waals surface area contributed by atoms with Crippen molar-refractivity contribution in [3.05, 3.63) is 18.1 Å². The van der Waals surface area contributed by atoms with Crippen LogP contribution in [0.15, 0.2) is 12.4 Å². The largest absolute Gasteiger partial charge is 0.369 e. The molecule has 20 heavy (non-hydrogen) atoms. The fourth-order valence-electron chi connectivity index (χ4n) is 2.29. The number of nitrogens with one attached hydrogen (secondary N) is 1. The molecule has 1 amide bonds. The zero-order valence-corrected chi connectivity index (χ0v) is 12.7. The fourth-order valence-corrected chi connectivity index (χ4v) is 2.29. The van der Waals surface area contributed by atoms with Crippen molar-refractivity contribution in [2.24, 2.45) is 0 Å². The summed E-state index contributed by atoms with van der Waals surface area (Å²) in [5, 5.41) is 3.07. The summed E-state index contributed by atoms with van der Waals surface area (Å²) in [6.45, 7) is 9.39. The first kappa shape index (κ1) is 14.7. The number of anilines is 1. The molecule has 1 fully saturated rings. The Kier molecular flexibility index (Phi) is 4.23. The summed E-state index contributed by atoms with van der Waals surface area (Å²) in [5.41, 5.74) is 0.400. The first-order valence-corrected chi connectivity index (χ1v) is 7.00. The van der Waals surface area contributed by atoms with E-state index in [9.17, 15) is 4.79 Å². The Morgan fingerprint density at radius 2 is 2.10 bits per heavy atom. The quantitative estimate of drug-likeness (QED) is 0.895. The molecule has 1 aromatic rings. The number of nitrogens with zero attached hydrogens (tertiary/aromatic N) is 4. The maximum Gasteiger partial charge on any atom is 0.274 e. The van der Waals surface area contributed by atoms with Gasteiger partial charge in [0.05, 0.1) is 12.4 Å². The van der Waals surface area contributed by atoms with E-state index in [0.29, 0.717) is 18.1 Å². The number of aromatic nitrogens is 2. The van der Waals surface area contributed by atoms with E-state index in [-0.39, 0.29) is 11.4 Å². The van der Waals surface area contributed by atoms with Crippen LogP contribution in [0.25, 0.3) is 0 Å². The van der Waals surface area contributed by atoms with Crippen molar-refractivity contribution in [2.75, 3.05) is 38.5 Å². The van der Waals surface area contributed by atoms with Crippen LogP contribution in [0.5, 0.6) is 0 Å².